The molecule has 2 rings (SSSR count). The number of terminal acetylenes is 1. The minimum atomic E-state index is -0.993. The summed E-state index contributed by atoms with van der Waals surface area (Å²) in [5.74, 6) is 3.68. The van der Waals surface area contributed by atoms with Crippen LogP contribution in [0, 0.1) is 12.3 Å². The number of hydrogen-bond acceptors (Lipinski definition) is 3. The van der Waals surface area contributed by atoms with E-state index in [9.17, 15) is 9.59 Å². The Morgan fingerprint density at radius 1 is 1.38 bits per heavy atom. The Hall–Kier alpha value is -1.93. The Kier molecular flexibility index (Phi) is 4.92. The van der Waals surface area contributed by atoms with Crippen molar-refractivity contribution in [3.63, 3.8) is 0 Å². The van der Waals surface area contributed by atoms with Gasteiger partial charge in [-0.15, -0.1) is 18.2 Å². The summed E-state index contributed by atoms with van der Waals surface area (Å²) in [6.45, 7) is 2.39. The summed E-state index contributed by atoms with van der Waals surface area (Å²) in [6, 6.07) is 9.32. The second kappa shape index (κ2) is 6.68. The number of benzene rings is 1. The van der Waals surface area contributed by atoms with E-state index in [2.05, 4.69) is 11.2 Å². The van der Waals surface area contributed by atoms with Crippen LogP contribution in [0.4, 0.5) is 0 Å². The summed E-state index contributed by atoms with van der Waals surface area (Å²) in [4.78, 5) is 26.3. The highest BCUT2D eigenvalue weighted by Crippen LogP contribution is 2.26. The van der Waals surface area contributed by atoms with E-state index in [-0.39, 0.29) is 18.4 Å². The van der Waals surface area contributed by atoms with Gasteiger partial charge in [-0.25, -0.2) is 0 Å². The van der Waals surface area contributed by atoms with E-state index in [4.69, 9.17) is 6.42 Å². The van der Waals surface area contributed by atoms with Gasteiger partial charge in [-0.1, -0.05) is 36.3 Å². The molecule has 1 fully saturated rings. The minimum Gasteiger partial charge on any atom is -0.337 e. The lowest BCUT2D eigenvalue weighted by Crippen LogP contribution is -2.63. The van der Waals surface area contributed by atoms with Crippen molar-refractivity contribution in [2.45, 2.75) is 12.5 Å². The van der Waals surface area contributed by atoms with Gasteiger partial charge in [0.25, 0.3) is 5.91 Å². The van der Waals surface area contributed by atoms with Crippen molar-refractivity contribution in [2.75, 3.05) is 24.6 Å². The van der Waals surface area contributed by atoms with E-state index in [0.29, 0.717) is 12.3 Å². The molecule has 1 N–H and O–H groups in total. The molecule has 0 radical (unpaired) electrons. The SMILES string of the molecule is C#CCSCCN1CC(=O)NC(C)(c2ccccc2)C1=O. The number of thioether (sulfide) groups is 1. The van der Waals surface area contributed by atoms with Crippen molar-refractivity contribution in [1.29, 1.82) is 0 Å². The zero-order valence-electron chi connectivity index (χ0n) is 12.0. The molecule has 110 valence electrons. The van der Waals surface area contributed by atoms with Gasteiger partial charge in [0.05, 0.1) is 12.3 Å². The van der Waals surface area contributed by atoms with Crippen LogP contribution in [0.25, 0.3) is 0 Å². The molecule has 1 aromatic rings. The Labute approximate surface area is 129 Å². The summed E-state index contributed by atoms with van der Waals surface area (Å²) in [5.41, 5.74) is -0.197. The number of hydrogen-bond donors (Lipinski definition) is 1. The molecular weight excluding hydrogens is 284 g/mol. The highest BCUT2D eigenvalue weighted by Gasteiger charge is 2.43. The number of nitrogens with zero attached hydrogens (tertiary/aromatic N) is 1. The molecule has 1 aliphatic rings. The van der Waals surface area contributed by atoms with Crippen LogP contribution in [0.5, 0.6) is 0 Å². The topological polar surface area (TPSA) is 49.4 Å². The first-order valence-corrected chi connectivity index (χ1v) is 7.90. The maximum absolute atomic E-state index is 12.7. The summed E-state index contributed by atoms with van der Waals surface area (Å²) >= 11 is 1.58. The van der Waals surface area contributed by atoms with E-state index < -0.39 is 5.54 Å². The highest BCUT2D eigenvalue weighted by molar-refractivity contribution is 7.99. The molecule has 1 aliphatic heterocycles. The molecule has 2 amide bonds. The number of nitrogens with one attached hydrogen (secondary N) is 1. The molecule has 0 spiro atoms. The average molecular weight is 302 g/mol. The average Bonchev–Trinajstić information content (AvgIpc) is 2.49. The Bertz CT molecular complexity index is 567. The molecule has 0 saturated carbocycles. The molecule has 1 aromatic carbocycles. The molecule has 1 saturated heterocycles. The van der Waals surface area contributed by atoms with Gasteiger partial charge < -0.3 is 10.2 Å². The molecule has 1 unspecified atom stereocenters. The normalized spacial score (nSPS) is 21.8. The van der Waals surface area contributed by atoms with Gasteiger partial charge in [0.15, 0.2) is 0 Å². The predicted molar refractivity (Wildman–Crippen MR) is 84.7 cm³/mol. The zero-order valence-corrected chi connectivity index (χ0v) is 12.8. The number of carbonyl (C=O) groups excluding carboxylic acids is 2. The van der Waals surface area contributed by atoms with Gasteiger partial charge >= 0.3 is 0 Å². The third-order valence-electron chi connectivity index (χ3n) is 3.48. The molecule has 1 atom stereocenters. The molecule has 5 heteroatoms. The Morgan fingerprint density at radius 3 is 2.76 bits per heavy atom. The molecule has 0 bridgehead atoms. The van der Waals surface area contributed by atoms with E-state index >= 15 is 0 Å². The van der Waals surface area contributed by atoms with Crippen LogP contribution >= 0.6 is 11.8 Å². The first-order valence-electron chi connectivity index (χ1n) is 6.75. The fourth-order valence-electron chi connectivity index (χ4n) is 2.39. The van der Waals surface area contributed by atoms with Crippen molar-refractivity contribution >= 4 is 23.6 Å². The van der Waals surface area contributed by atoms with Crippen molar-refractivity contribution in [3.05, 3.63) is 35.9 Å². The number of rotatable bonds is 5. The van der Waals surface area contributed by atoms with Crippen molar-refractivity contribution in [1.82, 2.24) is 10.2 Å². The van der Waals surface area contributed by atoms with Gasteiger partial charge in [-0.3, -0.25) is 9.59 Å². The van der Waals surface area contributed by atoms with Crippen LogP contribution in [0.3, 0.4) is 0 Å². The zero-order chi connectivity index (χ0) is 15.3. The van der Waals surface area contributed by atoms with Crippen molar-refractivity contribution in [2.24, 2.45) is 0 Å². The lowest BCUT2D eigenvalue weighted by molar-refractivity contribution is -0.149. The lowest BCUT2D eigenvalue weighted by Gasteiger charge is -2.40. The second-order valence-corrected chi connectivity index (χ2v) is 6.13. The quantitative estimate of drug-likeness (QED) is 0.657. The molecule has 4 nitrogen and oxygen atoms in total. The maximum Gasteiger partial charge on any atom is 0.253 e. The smallest absolute Gasteiger partial charge is 0.253 e. The molecule has 21 heavy (non-hydrogen) atoms. The van der Waals surface area contributed by atoms with Gasteiger partial charge in [0, 0.05) is 12.3 Å². The van der Waals surface area contributed by atoms with Crippen molar-refractivity contribution in [3.8, 4) is 12.3 Å². The highest BCUT2D eigenvalue weighted by atomic mass is 32.2. The van der Waals surface area contributed by atoms with E-state index in [1.165, 1.54) is 0 Å². The van der Waals surface area contributed by atoms with Crippen LogP contribution in [-0.2, 0) is 15.1 Å². The number of piperazine rings is 1. The number of amides is 2. The summed E-state index contributed by atoms with van der Waals surface area (Å²) in [6.07, 6.45) is 5.20. The third kappa shape index (κ3) is 3.40. The van der Waals surface area contributed by atoms with Crippen LogP contribution in [0.1, 0.15) is 12.5 Å². The van der Waals surface area contributed by atoms with E-state index in [1.54, 1.807) is 23.6 Å². The van der Waals surface area contributed by atoms with Gasteiger partial charge in [0.1, 0.15) is 5.54 Å². The monoisotopic (exact) mass is 302 g/mol. The summed E-state index contributed by atoms with van der Waals surface area (Å²) < 4.78 is 0. The van der Waals surface area contributed by atoms with Gasteiger partial charge in [0.2, 0.25) is 5.91 Å². The third-order valence-corrected chi connectivity index (χ3v) is 4.32. The van der Waals surface area contributed by atoms with Crippen LogP contribution in [0.15, 0.2) is 30.3 Å². The predicted octanol–water partition coefficient (Wildman–Crippen LogP) is 1.23. The second-order valence-electron chi connectivity index (χ2n) is 5.02. The van der Waals surface area contributed by atoms with Crippen LogP contribution in [-0.4, -0.2) is 41.3 Å². The summed E-state index contributed by atoms with van der Waals surface area (Å²) in [7, 11) is 0. The first kappa shape index (κ1) is 15.5. The largest absolute Gasteiger partial charge is 0.337 e. The fourth-order valence-corrected chi connectivity index (χ4v) is 3.00. The minimum absolute atomic E-state index is 0.0744. The Balaban J connectivity index is 2.14. The summed E-state index contributed by atoms with van der Waals surface area (Å²) in [5, 5.41) is 2.82. The molecule has 0 aromatic heterocycles. The van der Waals surface area contributed by atoms with Crippen LogP contribution in [0.2, 0.25) is 0 Å². The Morgan fingerprint density at radius 2 is 2.10 bits per heavy atom. The lowest BCUT2D eigenvalue weighted by atomic mass is 9.88. The van der Waals surface area contributed by atoms with Crippen LogP contribution < -0.4 is 5.32 Å². The molecular formula is C16H18N2O2S. The number of carbonyl (C=O) groups is 2. The van der Waals surface area contributed by atoms with Gasteiger partial charge in [-0.2, -0.15) is 0 Å². The fraction of sp³-hybridized carbons (Fsp3) is 0.375. The molecule has 0 aliphatic carbocycles. The standard InChI is InChI=1S/C16H18N2O2S/c1-3-10-21-11-9-18-12-14(19)17-16(2,15(18)20)13-7-5-4-6-8-13/h1,4-8H,9-12H2,2H3,(H,17,19). The first-order chi connectivity index (χ1) is 10.1. The van der Waals surface area contributed by atoms with Gasteiger partial charge in [-0.05, 0) is 12.5 Å². The van der Waals surface area contributed by atoms with Crippen molar-refractivity contribution < 1.29 is 9.59 Å². The van der Waals surface area contributed by atoms with E-state index in [0.717, 1.165) is 11.3 Å². The maximum atomic E-state index is 12.7. The molecule has 1 heterocycles. The van der Waals surface area contributed by atoms with E-state index in [1.807, 2.05) is 30.3 Å².